The van der Waals surface area contributed by atoms with Crippen molar-refractivity contribution in [2.24, 2.45) is 0 Å². The molecule has 252 valence electrons. The van der Waals surface area contributed by atoms with Gasteiger partial charge in [-0.3, -0.25) is 0 Å². The molecular weight excluding hydrogens is 639 g/mol. The maximum atomic E-state index is 6.29. The summed E-state index contributed by atoms with van der Waals surface area (Å²) in [6, 6.07) is 52.6. The molecule has 3 heterocycles. The molecule has 0 bridgehead atoms. The number of hydrogen-bond acceptors (Lipinski definition) is 5. The molecule has 8 aromatic rings. The monoisotopic (exact) mass is 676 g/mol. The van der Waals surface area contributed by atoms with Crippen LogP contribution in [0.15, 0.2) is 152 Å². The Bertz CT molecular complexity index is 2550. The SMILES string of the molecule is CC1(C)OB(c2ccc(-c3nc(-c4ccccc4)nc(-c4ccc(-c5ccc6c(c5)c5ccccc5n6-c5ccccc5)cc4)n3)cc2)OC1(C)C. The fraction of sp³-hybridized carbons (Fsp3) is 0.133. The lowest BCUT2D eigenvalue weighted by atomic mass is 9.79. The Balaban J connectivity index is 1.07. The Morgan fingerprint density at radius 2 is 0.904 bits per heavy atom. The molecule has 9 rings (SSSR count). The highest BCUT2D eigenvalue weighted by Crippen LogP contribution is 2.37. The van der Waals surface area contributed by atoms with Crippen LogP contribution in [0.25, 0.3) is 72.8 Å². The number of hydrogen-bond donors (Lipinski definition) is 0. The van der Waals surface area contributed by atoms with Gasteiger partial charge >= 0.3 is 7.12 Å². The van der Waals surface area contributed by atoms with Gasteiger partial charge in [0.1, 0.15) is 0 Å². The van der Waals surface area contributed by atoms with Gasteiger partial charge in [-0.1, -0.05) is 121 Å². The van der Waals surface area contributed by atoms with Gasteiger partial charge in [0.2, 0.25) is 0 Å². The smallest absolute Gasteiger partial charge is 0.399 e. The lowest BCUT2D eigenvalue weighted by Gasteiger charge is -2.32. The van der Waals surface area contributed by atoms with E-state index in [9.17, 15) is 0 Å². The minimum absolute atomic E-state index is 0.408. The lowest BCUT2D eigenvalue weighted by Crippen LogP contribution is -2.41. The quantitative estimate of drug-likeness (QED) is 0.164. The normalized spacial score (nSPS) is 15.0. The van der Waals surface area contributed by atoms with E-state index < -0.39 is 18.3 Å². The zero-order chi connectivity index (χ0) is 35.5. The summed E-state index contributed by atoms with van der Waals surface area (Å²) in [5, 5.41) is 2.45. The third-order valence-electron chi connectivity index (χ3n) is 10.5. The number of aromatic nitrogens is 4. The predicted octanol–water partition coefficient (Wildman–Crippen LogP) is 9.94. The van der Waals surface area contributed by atoms with E-state index in [0.717, 1.165) is 39.0 Å². The topological polar surface area (TPSA) is 62.1 Å². The van der Waals surface area contributed by atoms with Crippen molar-refractivity contribution in [3.63, 3.8) is 0 Å². The Hall–Kier alpha value is -5.89. The van der Waals surface area contributed by atoms with Crippen molar-refractivity contribution in [1.82, 2.24) is 19.5 Å². The van der Waals surface area contributed by atoms with E-state index in [2.05, 4.69) is 129 Å². The first-order valence-corrected chi connectivity index (χ1v) is 17.7. The molecule has 0 N–H and O–H groups in total. The van der Waals surface area contributed by atoms with Crippen LogP contribution in [-0.4, -0.2) is 37.8 Å². The van der Waals surface area contributed by atoms with Gasteiger partial charge in [-0.15, -0.1) is 0 Å². The summed E-state index contributed by atoms with van der Waals surface area (Å²) in [7, 11) is -0.436. The van der Waals surface area contributed by atoms with E-state index in [-0.39, 0.29) is 0 Å². The molecule has 1 aliphatic heterocycles. The Kier molecular flexibility index (Phi) is 7.65. The van der Waals surface area contributed by atoms with E-state index in [0.29, 0.717) is 17.5 Å². The second kappa shape index (κ2) is 12.4. The number of para-hydroxylation sites is 2. The van der Waals surface area contributed by atoms with Crippen LogP contribution in [0.5, 0.6) is 0 Å². The third kappa shape index (κ3) is 5.59. The molecule has 0 aliphatic carbocycles. The van der Waals surface area contributed by atoms with Crippen LogP contribution in [0.4, 0.5) is 0 Å². The first-order chi connectivity index (χ1) is 25.2. The van der Waals surface area contributed by atoms with Crippen LogP contribution in [0, 0.1) is 0 Å². The number of benzene rings is 6. The van der Waals surface area contributed by atoms with Crippen LogP contribution in [-0.2, 0) is 9.31 Å². The van der Waals surface area contributed by atoms with Crippen molar-refractivity contribution in [2.45, 2.75) is 38.9 Å². The first kappa shape index (κ1) is 32.1. The second-order valence-electron chi connectivity index (χ2n) is 14.4. The average molecular weight is 677 g/mol. The molecule has 0 radical (unpaired) electrons. The van der Waals surface area contributed by atoms with E-state index in [4.69, 9.17) is 24.3 Å². The molecule has 0 unspecified atom stereocenters. The molecule has 2 aromatic heterocycles. The molecular formula is C45H37BN4O2. The maximum absolute atomic E-state index is 6.29. The fourth-order valence-corrected chi connectivity index (χ4v) is 6.94. The van der Waals surface area contributed by atoms with Gasteiger partial charge in [0.05, 0.1) is 22.2 Å². The maximum Gasteiger partial charge on any atom is 0.494 e. The summed E-state index contributed by atoms with van der Waals surface area (Å²) >= 11 is 0. The molecule has 6 aromatic carbocycles. The molecule has 0 atom stereocenters. The van der Waals surface area contributed by atoms with Crippen molar-refractivity contribution >= 4 is 34.4 Å². The lowest BCUT2D eigenvalue weighted by molar-refractivity contribution is 0.00578. The third-order valence-corrected chi connectivity index (χ3v) is 10.5. The zero-order valence-electron chi connectivity index (χ0n) is 29.6. The van der Waals surface area contributed by atoms with Crippen molar-refractivity contribution < 1.29 is 9.31 Å². The molecule has 0 saturated carbocycles. The summed E-state index contributed by atoms with van der Waals surface area (Å²) in [6.45, 7) is 8.26. The van der Waals surface area contributed by atoms with Gasteiger partial charge < -0.3 is 13.9 Å². The summed E-state index contributed by atoms with van der Waals surface area (Å²) in [5.74, 6) is 1.85. The zero-order valence-corrected chi connectivity index (χ0v) is 29.6. The van der Waals surface area contributed by atoms with Crippen LogP contribution in [0.2, 0.25) is 0 Å². The van der Waals surface area contributed by atoms with E-state index in [1.165, 1.54) is 21.8 Å². The number of rotatable bonds is 6. The van der Waals surface area contributed by atoms with E-state index in [1.807, 2.05) is 54.6 Å². The highest BCUT2D eigenvalue weighted by Gasteiger charge is 2.51. The molecule has 1 saturated heterocycles. The van der Waals surface area contributed by atoms with Crippen molar-refractivity contribution in [1.29, 1.82) is 0 Å². The van der Waals surface area contributed by atoms with Crippen LogP contribution < -0.4 is 5.46 Å². The standard InChI is InChI=1S/C45H37BN4O2/c1-44(2)45(3,4)52-46(51-44)35-26-23-33(24-27-35)43-48-41(31-13-7-5-8-14-31)47-42(49-43)32-21-19-30(20-22-32)34-25-28-40-38(29-34)37-17-11-12-18-39(37)50(40)36-15-9-6-10-16-36/h5-29H,1-4H3. The van der Waals surface area contributed by atoms with Crippen molar-refractivity contribution in [3.05, 3.63) is 152 Å². The van der Waals surface area contributed by atoms with Gasteiger partial charge in [-0.25, -0.2) is 15.0 Å². The number of fused-ring (bicyclic) bond motifs is 3. The summed E-state index contributed by atoms with van der Waals surface area (Å²) in [5.41, 5.74) is 8.68. The Morgan fingerprint density at radius 3 is 1.52 bits per heavy atom. The van der Waals surface area contributed by atoms with Gasteiger partial charge in [0.25, 0.3) is 0 Å². The fourth-order valence-electron chi connectivity index (χ4n) is 6.94. The molecule has 1 aliphatic rings. The van der Waals surface area contributed by atoms with Crippen molar-refractivity contribution in [2.75, 3.05) is 0 Å². The van der Waals surface area contributed by atoms with Crippen LogP contribution in [0.3, 0.4) is 0 Å². The Labute approximate surface area is 303 Å². The van der Waals surface area contributed by atoms with Crippen molar-refractivity contribution in [3.8, 4) is 51.0 Å². The van der Waals surface area contributed by atoms with Gasteiger partial charge in [0, 0.05) is 33.2 Å². The minimum Gasteiger partial charge on any atom is -0.399 e. The first-order valence-electron chi connectivity index (χ1n) is 17.7. The summed E-state index contributed by atoms with van der Waals surface area (Å²) < 4.78 is 14.9. The summed E-state index contributed by atoms with van der Waals surface area (Å²) in [6.07, 6.45) is 0. The second-order valence-corrected chi connectivity index (χ2v) is 14.4. The van der Waals surface area contributed by atoms with Gasteiger partial charge in [-0.05, 0) is 74.6 Å². The Morgan fingerprint density at radius 1 is 0.442 bits per heavy atom. The molecule has 6 nitrogen and oxygen atoms in total. The summed E-state index contributed by atoms with van der Waals surface area (Å²) in [4.78, 5) is 14.9. The minimum atomic E-state index is -0.436. The van der Waals surface area contributed by atoms with Crippen LogP contribution in [0.1, 0.15) is 27.7 Å². The molecule has 1 fully saturated rings. The molecule has 0 spiro atoms. The predicted molar refractivity (Wildman–Crippen MR) is 212 cm³/mol. The van der Waals surface area contributed by atoms with Crippen LogP contribution >= 0.6 is 0 Å². The van der Waals surface area contributed by atoms with E-state index in [1.54, 1.807) is 0 Å². The molecule has 0 amide bonds. The highest BCUT2D eigenvalue weighted by atomic mass is 16.7. The van der Waals surface area contributed by atoms with Gasteiger partial charge in [0.15, 0.2) is 17.5 Å². The number of nitrogens with zero attached hydrogens (tertiary/aromatic N) is 4. The average Bonchev–Trinajstić information content (AvgIpc) is 3.63. The highest BCUT2D eigenvalue weighted by molar-refractivity contribution is 6.62. The molecule has 52 heavy (non-hydrogen) atoms. The largest absolute Gasteiger partial charge is 0.494 e. The van der Waals surface area contributed by atoms with Gasteiger partial charge in [-0.2, -0.15) is 0 Å². The van der Waals surface area contributed by atoms with E-state index >= 15 is 0 Å². The molecule has 7 heteroatoms.